The number of ketones is 1. The number of piperidine rings is 1. The van der Waals surface area contributed by atoms with Crippen molar-refractivity contribution in [2.24, 2.45) is 0 Å². The van der Waals surface area contributed by atoms with Crippen molar-refractivity contribution in [3.05, 3.63) is 154 Å². The number of Topliss-reactive ketones (excluding diaryl/α,β-unsaturated/α-hetero) is 1. The molecule has 9 nitrogen and oxygen atoms in total. The van der Waals surface area contributed by atoms with E-state index >= 15 is 0 Å². The number of fused-ring (bicyclic) bond motifs is 1. The van der Waals surface area contributed by atoms with E-state index in [-0.39, 0.29) is 42.6 Å². The summed E-state index contributed by atoms with van der Waals surface area (Å²) in [5, 5.41) is 7.38. The molecule has 2 aliphatic heterocycles. The number of sulfonamides is 1. The zero-order valence-corrected chi connectivity index (χ0v) is 28.3. The van der Waals surface area contributed by atoms with Gasteiger partial charge in [-0.15, -0.1) is 0 Å². The predicted octanol–water partition coefficient (Wildman–Crippen LogP) is 7.56. The van der Waals surface area contributed by atoms with Gasteiger partial charge in [0.15, 0.2) is 0 Å². The van der Waals surface area contributed by atoms with Gasteiger partial charge in [-0.3, -0.25) is 9.89 Å². The lowest BCUT2D eigenvalue weighted by Gasteiger charge is -2.34. The van der Waals surface area contributed by atoms with Crippen molar-refractivity contribution in [3.63, 3.8) is 0 Å². The highest BCUT2D eigenvalue weighted by Gasteiger charge is 2.38. The maximum Gasteiger partial charge on any atom is 0.410 e. The summed E-state index contributed by atoms with van der Waals surface area (Å²) in [7, 11) is -3.80. The number of ether oxygens (including phenoxy) is 1. The largest absolute Gasteiger partial charge is 0.445 e. The van der Waals surface area contributed by atoms with Crippen LogP contribution in [0.5, 0.6) is 0 Å². The Morgan fingerprint density at radius 2 is 1.54 bits per heavy atom. The van der Waals surface area contributed by atoms with E-state index in [1.165, 1.54) is 45.6 Å². The fourth-order valence-corrected chi connectivity index (χ4v) is 7.79. The van der Waals surface area contributed by atoms with E-state index in [4.69, 9.17) is 16.3 Å². The van der Waals surface area contributed by atoms with Gasteiger partial charge >= 0.3 is 6.09 Å². The number of halogens is 3. The van der Waals surface area contributed by atoms with Crippen LogP contribution in [-0.4, -0.2) is 46.2 Å². The Balaban J connectivity index is 0.000000174. The summed E-state index contributed by atoms with van der Waals surface area (Å²) in [5.41, 5.74) is 3.78. The molecular formula is C37H33ClF2N4O5S. The number of carbonyl (C=O) groups excluding carboxylic acids is 2. The molecule has 0 bridgehead atoms. The minimum atomic E-state index is -3.80. The summed E-state index contributed by atoms with van der Waals surface area (Å²) in [6, 6.07) is 26.4. The van der Waals surface area contributed by atoms with Crippen LogP contribution < -0.4 is 0 Å². The average molecular weight is 719 g/mol. The average Bonchev–Trinajstić information content (AvgIpc) is 3.59. The summed E-state index contributed by atoms with van der Waals surface area (Å²) in [6.45, 7) is 0.617. The minimum Gasteiger partial charge on any atom is -0.445 e. The number of likely N-dealkylation sites (tertiary alicyclic amines) is 1. The Morgan fingerprint density at radius 3 is 2.20 bits per heavy atom. The fraction of sp³-hybridized carbons (Fsp3) is 0.216. The molecule has 7 rings (SSSR count). The molecule has 1 amide bonds. The first-order valence-corrected chi connectivity index (χ1v) is 17.7. The molecule has 13 heteroatoms. The van der Waals surface area contributed by atoms with Crippen molar-refractivity contribution in [3.8, 4) is 0 Å². The first-order valence-electron chi connectivity index (χ1n) is 15.9. The van der Waals surface area contributed by atoms with Crippen molar-refractivity contribution in [2.45, 2.75) is 49.4 Å². The number of nitrogens with zero attached hydrogens (tertiary/aromatic N) is 3. The topological polar surface area (TPSA) is 113 Å². The Kier molecular flexibility index (Phi) is 10.7. The lowest BCUT2D eigenvalue weighted by atomic mass is 9.95. The molecule has 258 valence electrons. The lowest BCUT2D eigenvalue weighted by molar-refractivity contribution is -0.122. The number of aromatic nitrogens is 2. The molecule has 0 aliphatic carbocycles. The van der Waals surface area contributed by atoms with E-state index in [2.05, 4.69) is 10.2 Å². The summed E-state index contributed by atoms with van der Waals surface area (Å²) in [6.07, 6.45) is 2.02. The number of rotatable bonds is 6. The number of hydrogen-bond donors (Lipinski definition) is 1. The van der Waals surface area contributed by atoms with Crippen LogP contribution in [-0.2, 0) is 39.1 Å². The third kappa shape index (κ3) is 8.10. The smallest absolute Gasteiger partial charge is 0.410 e. The summed E-state index contributed by atoms with van der Waals surface area (Å²) >= 11 is 5.88. The zero-order chi connectivity index (χ0) is 35.3. The van der Waals surface area contributed by atoms with E-state index in [1.807, 2.05) is 30.3 Å². The maximum atomic E-state index is 13.7. The molecule has 4 aromatic carbocycles. The Bertz CT molecular complexity index is 2080. The number of hydrogen-bond acceptors (Lipinski definition) is 6. The third-order valence-electron chi connectivity index (χ3n) is 8.63. The Labute approximate surface area is 293 Å². The van der Waals surface area contributed by atoms with Crippen LogP contribution in [0.2, 0.25) is 5.02 Å². The van der Waals surface area contributed by atoms with Crippen LogP contribution >= 0.6 is 11.6 Å². The van der Waals surface area contributed by atoms with Crippen LogP contribution in [0.4, 0.5) is 13.6 Å². The van der Waals surface area contributed by atoms with Gasteiger partial charge in [0.2, 0.25) is 10.0 Å². The van der Waals surface area contributed by atoms with E-state index in [9.17, 15) is 26.8 Å². The normalized spacial score (nSPS) is 17.7. The standard InChI is InChI=1S/C19H18FNO3.C18H15ClFN3O2S/c20-16-8-4-7-15(11-16)18-12-17(22)9-10-21(18)19(23)24-13-14-5-2-1-3-6-14;19-14-4-6-16(7-5-14)26(24,25)23-11-13-10-21-22-17(13)9-18(23)12-2-1-3-15(20)8-12/h1-8,11,18H,9-10,12-13H2;1-8,10,18H,9,11H2,(H,21,22). The van der Waals surface area contributed by atoms with E-state index < -0.39 is 34.0 Å². The van der Waals surface area contributed by atoms with Gasteiger partial charge in [0.05, 0.1) is 23.2 Å². The molecule has 2 unspecified atom stereocenters. The highest BCUT2D eigenvalue weighted by atomic mass is 35.5. The second-order valence-corrected chi connectivity index (χ2v) is 14.3. The second-order valence-electron chi connectivity index (χ2n) is 12.0. The Morgan fingerprint density at radius 1 is 0.880 bits per heavy atom. The van der Waals surface area contributed by atoms with E-state index in [1.54, 1.807) is 42.6 Å². The molecule has 1 fully saturated rings. The van der Waals surface area contributed by atoms with Gasteiger partial charge in [-0.1, -0.05) is 66.2 Å². The second kappa shape index (κ2) is 15.3. The van der Waals surface area contributed by atoms with Gasteiger partial charge in [0.1, 0.15) is 24.0 Å². The molecule has 0 spiro atoms. The molecule has 50 heavy (non-hydrogen) atoms. The Hall–Kier alpha value is -4.91. The molecule has 1 N–H and O–H groups in total. The van der Waals surface area contributed by atoms with Gasteiger partial charge < -0.3 is 9.64 Å². The van der Waals surface area contributed by atoms with Crippen molar-refractivity contribution in [2.75, 3.05) is 6.54 Å². The molecule has 1 aromatic heterocycles. The maximum absolute atomic E-state index is 13.7. The SMILES string of the molecule is O=C1CCN(C(=O)OCc2ccccc2)C(c2cccc(F)c2)C1.O=S(=O)(c1ccc(Cl)cc1)N1Cc2cn[nH]c2CC1c1cccc(F)c1. The van der Waals surface area contributed by atoms with Crippen molar-refractivity contribution in [1.29, 1.82) is 0 Å². The van der Waals surface area contributed by atoms with Gasteiger partial charge in [0, 0.05) is 48.6 Å². The molecule has 1 saturated heterocycles. The molecule has 2 aliphatic rings. The van der Waals surface area contributed by atoms with Gasteiger partial charge in [-0.25, -0.2) is 22.0 Å². The summed E-state index contributed by atoms with van der Waals surface area (Å²) in [4.78, 5) is 25.9. The summed E-state index contributed by atoms with van der Waals surface area (Å²) < 4.78 is 60.5. The van der Waals surface area contributed by atoms with Crippen LogP contribution in [0.15, 0.2) is 114 Å². The molecule has 2 atom stereocenters. The fourth-order valence-electron chi connectivity index (χ4n) is 6.08. The molecular weight excluding hydrogens is 686 g/mol. The van der Waals surface area contributed by atoms with E-state index in [0.29, 0.717) is 29.0 Å². The number of nitrogens with one attached hydrogen (secondary N) is 1. The number of benzene rings is 4. The quantitative estimate of drug-likeness (QED) is 0.194. The van der Waals surface area contributed by atoms with Gasteiger partial charge in [-0.2, -0.15) is 9.40 Å². The number of H-pyrrole nitrogens is 1. The monoisotopic (exact) mass is 718 g/mol. The highest BCUT2D eigenvalue weighted by molar-refractivity contribution is 7.89. The van der Waals surface area contributed by atoms with Gasteiger partial charge in [0.25, 0.3) is 0 Å². The van der Waals surface area contributed by atoms with Crippen molar-refractivity contribution < 1.29 is 31.5 Å². The molecule has 5 aromatic rings. The highest BCUT2D eigenvalue weighted by Crippen LogP contribution is 2.37. The van der Waals surface area contributed by atoms with E-state index in [0.717, 1.165) is 16.8 Å². The van der Waals surface area contributed by atoms with Crippen molar-refractivity contribution >= 4 is 33.5 Å². The summed E-state index contributed by atoms with van der Waals surface area (Å²) in [5.74, 6) is -0.721. The van der Waals surface area contributed by atoms with Crippen molar-refractivity contribution in [1.82, 2.24) is 19.4 Å². The number of amides is 1. The predicted molar refractivity (Wildman–Crippen MR) is 182 cm³/mol. The lowest BCUT2D eigenvalue weighted by Crippen LogP contribution is -2.41. The third-order valence-corrected chi connectivity index (χ3v) is 10.8. The van der Waals surface area contributed by atoms with Crippen LogP contribution in [0.25, 0.3) is 0 Å². The number of carbonyl (C=O) groups is 2. The first-order chi connectivity index (χ1) is 24.1. The first kappa shape index (κ1) is 34.9. The van der Waals surface area contributed by atoms with Crippen LogP contribution in [0, 0.1) is 11.6 Å². The number of aromatic amines is 1. The molecule has 0 radical (unpaired) electrons. The van der Waals surface area contributed by atoms with Crippen LogP contribution in [0.1, 0.15) is 52.9 Å². The zero-order valence-electron chi connectivity index (χ0n) is 26.7. The van der Waals surface area contributed by atoms with Crippen LogP contribution in [0.3, 0.4) is 0 Å². The molecule has 0 saturated carbocycles. The van der Waals surface area contributed by atoms with Gasteiger partial charge in [-0.05, 0) is 65.2 Å². The molecule has 3 heterocycles. The minimum absolute atomic E-state index is 0.0661.